The van der Waals surface area contributed by atoms with E-state index in [2.05, 4.69) is 14.0 Å². The van der Waals surface area contributed by atoms with Crippen molar-refractivity contribution in [3.63, 3.8) is 0 Å². The summed E-state index contributed by atoms with van der Waals surface area (Å²) in [6.07, 6.45) is -20.7. The van der Waals surface area contributed by atoms with Gasteiger partial charge in [0.2, 0.25) is 0 Å². The van der Waals surface area contributed by atoms with E-state index in [1.165, 1.54) is 0 Å². The van der Waals surface area contributed by atoms with Gasteiger partial charge in [-0.1, -0.05) is 0 Å². The Labute approximate surface area is 171 Å². The molecule has 0 heterocycles. The van der Waals surface area contributed by atoms with E-state index in [0.29, 0.717) is 0 Å². The first-order valence-electron chi connectivity index (χ1n) is 7.43. The zero-order valence-corrected chi connectivity index (χ0v) is 17.6. The maximum atomic E-state index is 13.3. The van der Waals surface area contributed by atoms with Crippen molar-refractivity contribution in [2.24, 2.45) is 0 Å². The first-order chi connectivity index (χ1) is 13.3. The summed E-state index contributed by atoms with van der Waals surface area (Å²) < 4.78 is 155. The molecule has 14 heteroatoms. The number of hydrogen-bond acceptors (Lipinski definition) is 0. The summed E-state index contributed by atoms with van der Waals surface area (Å²) >= 11 is -1.76. The van der Waals surface area contributed by atoms with Gasteiger partial charge in [-0.05, 0) is 0 Å². The molecule has 2 rings (SSSR count). The zero-order chi connectivity index (χ0) is 23.3. The van der Waals surface area contributed by atoms with Gasteiger partial charge in [0.15, 0.2) is 0 Å². The molecule has 0 bridgehead atoms. The van der Waals surface area contributed by atoms with Gasteiger partial charge in [-0.2, -0.15) is 0 Å². The number of hydrogen-bond donors (Lipinski definition) is 0. The Bertz CT molecular complexity index is 848. The van der Waals surface area contributed by atoms with Crippen LogP contribution in [-0.4, -0.2) is 12.5 Å². The first kappa shape index (κ1) is 24.9. The molecule has 0 aliphatic carbocycles. The monoisotopic (exact) mass is 579 g/mol. The summed E-state index contributed by atoms with van der Waals surface area (Å²) in [6.45, 7) is 0. The Kier molecular flexibility index (Phi) is 6.60. The van der Waals surface area contributed by atoms with Gasteiger partial charge in [0.25, 0.3) is 0 Å². The van der Waals surface area contributed by atoms with Gasteiger partial charge in [-0.25, -0.2) is 0 Å². The van der Waals surface area contributed by atoms with Crippen LogP contribution in [0.3, 0.4) is 0 Å². The van der Waals surface area contributed by atoms with Crippen LogP contribution < -0.4 is 8.79 Å². The van der Waals surface area contributed by atoms with Crippen LogP contribution in [0.2, 0.25) is 0 Å². The second-order valence-corrected chi connectivity index (χ2v) is 13.5. The normalized spacial score (nSPS) is 13.8. The number of benzene rings is 2. The van der Waals surface area contributed by atoms with E-state index in [9.17, 15) is 52.7 Å². The number of rotatable bonds is 2. The van der Waals surface area contributed by atoms with Crippen LogP contribution in [0, 0.1) is 0 Å². The summed E-state index contributed by atoms with van der Waals surface area (Å²) in [5.41, 5.74) is -6.47. The molecule has 2 aromatic rings. The minimum absolute atomic E-state index is 0.0212. The van der Waals surface area contributed by atoms with Crippen molar-refractivity contribution in [1.29, 1.82) is 0 Å². The van der Waals surface area contributed by atoms with Gasteiger partial charge in [0.05, 0.1) is 0 Å². The van der Waals surface area contributed by atoms with Crippen LogP contribution in [0.4, 0.5) is 52.7 Å². The molecule has 0 unspecified atom stereocenters. The van der Waals surface area contributed by atoms with E-state index in [1.54, 1.807) is 0 Å². The van der Waals surface area contributed by atoms with Crippen LogP contribution in [0.5, 0.6) is 0 Å². The molecule has 0 aromatic heterocycles. The number of alkyl halides is 12. The van der Waals surface area contributed by atoms with Gasteiger partial charge >= 0.3 is 171 Å². The molecule has 0 fully saturated rings. The quantitative estimate of drug-likeness (QED) is 0.292. The van der Waals surface area contributed by atoms with E-state index in [4.69, 9.17) is 0 Å². The zero-order valence-electron chi connectivity index (χ0n) is 13.9. The molecule has 0 saturated heterocycles. The van der Waals surface area contributed by atoms with E-state index in [-0.39, 0.29) is 36.4 Å². The van der Waals surface area contributed by atoms with Crippen LogP contribution in [-0.2, 0) is 24.7 Å². The molecule has 0 amide bonds. The molecular weight excluding hydrogens is 573 g/mol. The number of halogens is 13. The topological polar surface area (TPSA) is 0 Å². The molecule has 0 saturated carbocycles. The minimum atomic E-state index is -5.24. The fraction of sp³-hybridized carbons (Fsp3) is 0.250. The Morgan fingerprint density at radius 1 is 0.500 bits per heavy atom. The van der Waals surface area contributed by atoms with E-state index < -0.39 is 68.3 Å². The summed E-state index contributed by atoms with van der Waals surface area (Å²) in [6, 6.07) is 0.338. The third kappa shape index (κ3) is 5.45. The fourth-order valence-corrected chi connectivity index (χ4v) is 9.58. The van der Waals surface area contributed by atoms with Crippen molar-refractivity contribution in [1.82, 2.24) is 0 Å². The Balaban J connectivity index is 2.82. The molecule has 165 valence electrons. The second-order valence-electron chi connectivity index (χ2n) is 5.83. The molecule has 2 aromatic carbocycles. The van der Waals surface area contributed by atoms with Crippen LogP contribution in [0.25, 0.3) is 0 Å². The van der Waals surface area contributed by atoms with Gasteiger partial charge in [0, 0.05) is 0 Å². The van der Waals surface area contributed by atoms with Crippen molar-refractivity contribution in [3.05, 3.63) is 58.7 Å². The van der Waals surface area contributed by atoms with Crippen molar-refractivity contribution in [2.45, 2.75) is 24.7 Å². The van der Waals surface area contributed by atoms with Crippen molar-refractivity contribution >= 4 is 35.3 Å². The molecule has 0 spiro atoms. The maximum absolute atomic E-state index is 13.3. The summed E-state index contributed by atoms with van der Waals surface area (Å²) in [5.74, 6) is 0. The molecule has 0 aliphatic rings. The van der Waals surface area contributed by atoms with Gasteiger partial charge in [0.1, 0.15) is 0 Å². The summed E-state index contributed by atoms with van der Waals surface area (Å²) in [5, 5.41) is 0. The average Bonchev–Trinajstić information content (AvgIpc) is 2.57. The van der Waals surface area contributed by atoms with E-state index >= 15 is 0 Å². The third-order valence-electron chi connectivity index (χ3n) is 3.78. The van der Waals surface area contributed by atoms with Gasteiger partial charge in [-0.3, -0.25) is 0 Å². The van der Waals surface area contributed by atoms with E-state index in [0.717, 1.165) is 0 Å². The molecule has 0 nitrogen and oxygen atoms in total. The van der Waals surface area contributed by atoms with Crippen molar-refractivity contribution in [3.8, 4) is 0 Å². The Morgan fingerprint density at radius 3 is 1.03 bits per heavy atom. The Hall–Kier alpha value is -1.38. The van der Waals surface area contributed by atoms with Crippen LogP contribution >= 0.6 is 14.0 Å². The molecule has 30 heavy (non-hydrogen) atoms. The van der Waals surface area contributed by atoms with Gasteiger partial charge < -0.3 is 0 Å². The van der Waals surface area contributed by atoms with E-state index in [1.807, 2.05) is 0 Å². The fourth-order valence-electron chi connectivity index (χ4n) is 2.44. The summed E-state index contributed by atoms with van der Waals surface area (Å²) in [4.78, 5) is 0. The Morgan fingerprint density at radius 2 is 0.800 bits per heavy atom. The molecule has 0 aliphatic heterocycles. The molecular formula is C16H6BrF12Ge. The molecule has 0 N–H and O–H groups in total. The van der Waals surface area contributed by atoms with Crippen molar-refractivity contribution < 1.29 is 52.7 Å². The predicted octanol–water partition coefficient (Wildman–Crippen LogP) is 6.26. The predicted molar refractivity (Wildman–Crippen MR) is 86.8 cm³/mol. The standard InChI is InChI=1S/C16H6BrF12Ge/c17-30(11-5-7(13(18,19)20)1-3-9(11)15(24,25)26)12-6-8(14(21,22)23)2-4-10(12)16(27,28)29/h1-6H. The van der Waals surface area contributed by atoms with Crippen LogP contribution in [0.1, 0.15) is 22.3 Å². The molecule has 1 radical (unpaired) electrons. The molecule has 0 atom stereocenters. The van der Waals surface area contributed by atoms with Gasteiger partial charge in [-0.15, -0.1) is 0 Å². The van der Waals surface area contributed by atoms with Crippen LogP contribution in [0.15, 0.2) is 36.4 Å². The SMILES string of the molecule is FC(F)(F)c1ccc(C(F)(F)F)[c]([Ge]([Br])[c]2cc(C(F)(F)F)ccc2C(F)(F)F)c1. The second kappa shape index (κ2) is 7.95. The third-order valence-corrected chi connectivity index (χ3v) is 11.9. The summed E-state index contributed by atoms with van der Waals surface area (Å²) in [7, 11) is 0. The van der Waals surface area contributed by atoms with Crippen molar-refractivity contribution in [2.75, 3.05) is 0 Å². The average molecular weight is 579 g/mol. The first-order valence-corrected chi connectivity index (χ1v) is 14.4.